The van der Waals surface area contributed by atoms with Gasteiger partial charge in [0.2, 0.25) is 0 Å². The van der Waals surface area contributed by atoms with Crippen LogP contribution in [0.3, 0.4) is 0 Å². The summed E-state index contributed by atoms with van der Waals surface area (Å²) in [4.78, 5) is 13.8. The van der Waals surface area contributed by atoms with Gasteiger partial charge in [0.1, 0.15) is 18.2 Å². The molecule has 0 unspecified atom stereocenters. The molecule has 39 heavy (non-hydrogen) atoms. The zero-order valence-electron chi connectivity index (χ0n) is 21.8. The fourth-order valence-electron chi connectivity index (χ4n) is 4.57. The number of rotatable bonds is 9. The molecule has 194 valence electrons. The van der Waals surface area contributed by atoms with E-state index in [0.29, 0.717) is 47.7 Å². The molecule has 5 rings (SSSR count). The number of halogens is 1. The Morgan fingerprint density at radius 3 is 2.26 bits per heavy atom. The number of benzene rings is 4. The summed E-state index contributed by atoms with van der Waals surface area (Å²) in [6, 6.07) is 33.9. The molecule has 0 saturated heterocycles. The van der Waals surface area contributed by atoms with Crippen molar-refractivity contribution in [1.29, 1.82) is 0 Å². The number of hydrogen-bond acceptors (Lipinski definition) is 3. The SMILES string of the molecule is Cc1nn(CCc2ccccc2)c(=O)c(/C=C/c2cccc(F)c2)c1-c1ccccc1OCc1ccccc1. The third kappa shape index (κ3) is 6.39. The molecule has 1 heterocycles. The van der Waals surface area contributed by atoms with Crippen molar-refractivity contribution in [2.75, 3.05) is 0 Å². The first-order valence-corrected chi connectivity index (χ1v) is 12.9. The molecule has 0 aliphatic rings. The lowest BCUT2D eigenvalue weighted by Gasteiger charge is -2.17. The van der Waals surface area contributed by atoms with E-state index >= 15 is 0 Å². The smallest absolute Gasteiger partial charge is 0.274 e. The van der Waals surface area contributed by atoms with Crippen LogP contribution < -0.4 is 10.3 Å². The van der Waals surface area contributed by atoms with Gasteiger partial charge in [-0.3, -0.25) is 4.79 Å². The molecule has 0 atom stereocenters. The van der Waals surface area contributed by atoms with Crippen molar-refractivity contribution in [3.05, 3.63) is 153 Å². The molecule has 0 bridgehead atoms. The van der Waals surface area contributed by atoms with Crippen molar-refractivity contribution in [1.82, 2.24) is 9.78 Å². The highest BCUT2D eigenvalue weighted by Gasteiger charge is 2.18. The fourth-order valence-corrected chi connectivity index (χ4v) is 4.57. The average molecular weight is 517 g/mol. The minimum atomic E-state index is -0.330. The Morgan fingerprint density at radius 1 is 0.821 bits per heavy atom. The van der Waals surface area contributed by atoms with E-state index in [2.05, 4.69) is 0 Å². The van der Waals surface area contributed by atoms with E-state index in [1.165, 1.54) is 16.8 Å². The van der Waals surface area contributed by atoms with Crippen LogP contribution in [0.5, 0.6) is 5.75 Å². The number of para-hydroxylation sites is 1. The highest BCUT2D eigenvalue weighted by Crippen LogP contribution is 2.34. The second-order valence-electron chi connectivity index (χ2n) is 9.30. The van der Waals surface area contributed by atoms with Crippen LogP contribution in [0.1, 0.15) is 27.9 Å². The number of nitrogens with zero attached hydrogens (tertiary/aromatic N) is 2. The van der Waals surface area contributed by atoms with Gasteiger partial charge in [0, 0.05) is 17.7 Å². The average Bonchev–Trinajstić information content (AvgIpc) is 2.97. The minimum Gasteiger partial charge on any atom is -0.488 e. The van der Waals surface area contributed by atoms with Crippen LogP contribution in [-0.2, 0) is 19.6 Å². The van der Waals surface area contributed by atoms with Crippen LogP contribution in [0.15, 0.2) is 114 Å². The first-order chi connectivity index (χ1) is 19.1. The molecular formula is C34H29FN2O2. The van der Waals surface area contributed by atoms with Gasteiger partial charge in [0.05, 0.1) is 11.3 Å². The second kappa shape index (κ2) is 12.2. The van der Waals surface area contributed by atoms with Crippen LogP contribution in [0.2, 0.25) is 0 Å². The minimum absolute atomic E-state index is 0.211. The van der Waals surface area contributed by atoms with Gasteiger partial charge in [-0.1, -0.05) is 97.1 Å². The normalized spacial score (nSPS) is 11.1. The predicted octanol–water partition coefficient (Wildman–Crippen LogP) is 7.35. The first kappa shape index (κ1) is 25.9. The molecule has 0 fully saturated rings. The zero-order chi connectivity index (χ0) is 27.0. The molecule has 4 aromatic carbocycles. The Morgan fingerprint density at radius 2 is 1.51 bits per heavy atom. The van der Waals surface area contributed by atoms with Crippen molar-refractivity contribution >= 4 is 12.2 Å². The Labute approximate surface area is 227 Å². The van der Waals surface area contributed by atoms with Crippen LogP contribution in [0.25, 0.3) is 23.3 Å². The number of aromatic nitrogens is 2. The lowest BCUT2D eigenvalue weighted by Crippen LogP contribution is -2.27. The molecule has 0 spiro atoms. The molecule has 0 aliphatic carbocycles. The van der Waals surface area contributed by atoms with E-state index in [-0.39, 0.29) is 11.4 Å². The van der Waals surface area contributed by atoms with Gasteiger partial charge in [-0.25, -0.2) is 9.07 Å². The maximum atomic E-state index is 13.9. The number of ether oxygens (including phenoxy) is 1. The summed E-state index contributed by atoms with van der Waals surface area (Å²) >= 11 is 0. The lowest BCUT2D eigenvalue weighted by atomic mass is 9.97. The molecule has 0 aliphatic heterocycles. The summed E-state index contributed by atoms with van der Waals surface area (Å²) in [6.45, 7) is 2.74. The quantitative estimate of drug-likeness (QED) is 0.206. The van der Waals surface area contributed by atoms with Gasteiger partial charge in [0.15, 0.2) is 0 Å². The molecule has 0 N–H and O–H groups in total. The number of aryl methyl sites for hydroxylation is 3. The molecular weight excluding hydrogens is 487 g/mol. The highest BCUT2D eigenvalue weighted by molar-refractivity contribution is 5.84. The topological polar surface area (TPSA) is 44.1 Å². The second-order valence-corrected chi connectivity index (χ2v) is 9.30. The zero-order valence-corrected chi connectivity index (χ0v) is 21.8. The molecule has 0 amide bonds. The van der Waals surface area contributed by atoms with Crippen LogP contribution >= 0.6 is 0 Å². The Kier molecular flexibility index (Phi) is 8.08. The van der Waals surface area contributed by atoms with Gasteiger partial charge in [0.25, 0.3) is 5.56 Å². The van der Waals surface area contributed by atoms with Crippen LogP contribution in [-0.4, -0.2) is 9.78 Å². The van der Waals surface area contributed by atoms with Crippen molar-refractivity contribution in [2.45, 2.75) is 26.5 Å². The van der Waals surface area contributed by atoms with Crippen molar-refractivity contribution in [3.8, 4) is 16.9 Å². The summed E-state index contributed by atoms with van der Waals surface area (Å²) in [5.41, 5.74) is 5.30. The third-order valence-corrected chi connectivity index (χ3v) is 6.51. The van der Waals surface area contributed by atoms with Gasteiger partial charge in [-0.2, -0.15) is 5.10 Å². The lowest BCUT2D eigenvalue weighted by molar-refractivity contribution is 0.307. The van der Waals surface area contributed by atoms with E-state index in [1.54, 1.807) is 24.3 Å². The van der Waals surface area contributed by atoms with Crippen molar-refractivity contribution in [3.63, 3.8) is 0 Å². The van der Waals surface area contributed by atoms with Crippen molar-refractivity contribution < 1.29 is 9.13 Å². The molecule has 4 nitrogen and oxygen atoms in total. The Hall–Kier alpha value is -4.77. The summed E-state index contributed by atoms with van der Waals surface area (Å²) in [6.07, 6.45) is 4.20. The van der Waals surface area contributed by atoms with Crippen molar-refractivity contribution in [2.24, 2.45) is 0 Å². The largest absolute Gasteiger partial charge is 0.488 e. The Balaban J connectivity index is 1.57. The summed E-state index contributed by atoms with van der Waals surface area (Å²) in [7, 11) is 0. The van der Waals surface area contributed by atoms with E-state index < -0.39 is 0 Å². The maximum Gasteiger partial charge on any atom is 0.274 e. The van der Waals surface area contributed by atoms with E-state index in [4.69, 9.17) is 9.84 Å². The molecule has 5 heteroatoms. The maximum absolute atomic E-state index is 13.9. The van der Waals surface area contributed by atoms with Gasteiger partial charge in [-0.05, 0) is 54.3 Å². The summed E-state index contributed by atoms with van der Waals surface area (Å²) < 4.78 is 21.6. The van der Waals surface area contributed by atoms with E-state index in [0.717, 1.165) is 16.7 Å². The molecule has 1 aromatic heterocycles. The number of hydrogen-bond donors (Lipinski definition) is 0. The fraction of sp³-hybridized carbons (Fsp3) is 0.118. The predicted molar refractivity (Wildman–Crippen MR) is 155 cm³/mol. The summed E-state index contributed by atoms with van der Waals surface area (Å²) in [5, 5.41) is 4.71. The Bertz CT molecular complexity index is 1640. The molecule has 5 aromatic rings. The van der Waals surface area contributed by atoms with E-state index in [9.17, 15) is 9.18 Å². The molecule has 0 saturated carbocycles. The van der Waals surface area contributed by atoms with Crippen LogP contribution in [0, 0.1) is 12.7 Å². The monoisotopic (exact) mass is 516 g/mol. The highest BCUT2D eigenvalue weighted by atomic mass is 19.1. The van der Waals surface area contributed by atoms with Gasteiger partial charge >= 0.3 is 0 Å². The standard InChI is InChI=1S/C34H29FN2O2/c1-25-33(30-17-8-9-18-32(30)39-24-28-13-6-3-7-14-28)31(20-19-27-15-10-16-29(35)23-27)34(38)37(36-25)22-21-26-11-4-2-5-12-26/h2-20,23H,21-22,24H2,1H3/b20-19+. The summed E-state index contributed by atoms with van der Waals surface area (Å²) in [5.74, 6) is 0.330. The van der Waals surface area contributed by atoms with E-state index in [1.807, 2.05) is 91.9 Å². The third-order valence-electron chi connectivity index (χ3n) is 6.51. The van der Waals surface area contributed by atoms with Crippen LogP contribution in [0.4, 0.5) is 4.39 Å². The first-order valence-electron chi connectivity index (χ1n) is 12.9. The van der Waals surface area contributed by atoms with Gasteiger partial charge < -0.3 is 4.74 Å². The van der Waals surface area contributed by atoms with Gasteiger partial charge in [-0.15, -0.1) is 0 Å². The molecule has 0 radical (unpaired) electrons.